The lowest BCUT2D eigenvalue weighted by atomic mass is 10.1. The number of nitrogen functional groups attached to an aromatic ring is 1. The molecule has 5 heterocycles. The lowest BCUT2D eigenvalue weighted by Gasteiger charge is -2.15. The van der Waals surface area contributed by atoms with Gasteiger partial charge in [-0.2, -0.15) is 5.10 Å². The van der Waals surface area contributed by atoms with E-state index in [1.807, 2.05) is 65.5 Å². The van der Waals surface area contributed by atoms with Gasteiger partial charge in [-0.1, -0.05) is 30.3 Å². The van der Waals surface area contributed by atoms with E-state index in [-0.39, 0.29) is 12.6 Å². The molecule has 0 amide bonds. The molecule has 0 bridgehead atoms. The molecule has 0 aliphatic carbocycles. The van der Waals surface area contributed by atoms with Crippen LogP contribution in [0.25, 0.3) is 39.2 Å². The Bertz CT molecular complexity index is 1670. The van der Waals surface area contributed by atoms with Gasteiger partial charge < -0.3 is 15.2 Å². The van der Waals surface area contributed by atoms with Gasteiger partial charge in [0, 0.05) is 29.0 Å². The van der Waals surface area contributed by atoms with Crippen molar-refractivity contribution < 1.29 is 5.11 Å². The number of aliphatic hydroxyl groups excluding tert-OH is 1. The summed E-state index contributed by atoms with van der Waals surface area (Å²) in [6.07, 6.45) is 5.31. The fourth-order valence-corrected chi connectivity index (χ4v) is 4.65. The molecule has 0 spiro atoms. The second kappa shape index (κ2) is 8.34. The number of aromatic nitrogens is 6. The van der Waals surface area contributed by atoms with E-state index >= 15 is 0 Å². The topological polar surface area (TPSA) is 107 Å². The fourth-order valence-electron chi connectivity index (χ4n) is 4.65. The van der Waals surface area contributed by atoms with E-state index in [9.17, 15) is 5.11 Å². The number of benzene rings is 1. The van der Waals surface area contributed by atoms with Crippen molar-refractivity contribution in [2.45, 2.75) is 19.6 Å². The van der Waals surface area contributed by atoms with Crippen molar-refractivity contribution in [2.24, 2.45) is 0 Å². The van der Waals surface area contributed by atoms with Gasteiger partial charge in [0.15, 0.2) is 5.65 Å². The first-order valence-electron chi connectivity index (χ1n) is 11.4. The number of rotatable bonds is 5. The smallest absolute Gasteiger partial charge is 0.164 e. The molecule has 8 nitrogen and oxygen atoms in total. The predicted molar refractivity (Wildman–Crippen MR) is 136 cm³/mol. The maximum absolute atomic E-state index is 9.64. The number of hydrogen-bond acceptors (Lipinski definition) is 6. The molecular weight excluding hydrogens is 438 g/mol. The molecule has 0 aliphatic heterocycles. The average molecular weight is 462 g/mol. The van der Waals surface area contributed by atoms with Gasteiger partial charge in [0.05, 0.1) is 29.4 Å². The summed E-state index contributed by atoms with van der Waals surface area (Å²) in [5.74, 6) is 0.366. The molecule has 0 saturated carbocycles. The summed E-state index contributed by atoms with van der Waals surface area (Å²) in [5.41, 5.74) is 13.3. The van der Waals surface area contributed by atoms with Gasteiger partial charge >= 0.3 is 0 Å². The standard InChI is InChI=1S/C27H23N7O/c1-17(21-14-20-9-3-5-12-33(20)25(21)22-10-2-4-11-29-22)34-27-23(26(28)30-16-31-27)24(32-34)19-8-6-7-18(13-19)15-35/h2-14,16-17,35H,15H2,1H3,(H2,28,30,31). The minimum absolute atomic E-state index is 0.0559. The molecular formula is C27H23N7O. The number of aliphatic hydroxyl groups is 1. The molecule has 1 unspecified atom stereocenters. The summed E-state index contributed by atoms with van der Waals surface area (Å²) in [6, 6.07) is 21.6. The van der Waals surface area contributed by atoms with E-state index in [2.05, 4.69) is 38.4 Å². The molecule has 35 heavy (non-hydrogen) atoms. The molecule has 1 aromatic carbocycles. The molecule has 8 heteroatoms. The van der Waals surface area contributed by atoms with Crippen molar-refractivity contribution in [3.63, 3.8) is 0 Å². The monoisotopic (exact) mass is 461 g/mol. The highest BCUT2D eigenvalue weighted by Gasteiger charge is 2.25. The number of fused-ring (bicyclic) bond motifs is 2. The van der Waals surface area contributed by atoms with E-state index in [1.54, 1.807) is 6.20 Å². The molecule has 5 aromatic heterocycles. The van der Waals surface area contributed by atoms with Crippen LogP contribution in [-0.4, -0.2) is 34.2 Å². The number of pyridine rings is 2. The number of hydrogen-bond donors (Lipinski definition) is 2. The minimum atomic E-state index is -0.182. The zero-order valence-electron chi connectivity index (χ0n) is 19.1. The first-order chi connectivity index (χ1) is 17.2. The minimum Gasteiger partial charge on any atom is -0.392 e. The third kappa shape index (κ3) is 3.43. The van der Waals surface area contributed by atoms with Crippen molar-refractivity contribution >= 4 is 22.4 Å². The molecule has 0 aliphatic rings. The normalized spacial score (nSPS) is 12.4. The van der Waals surface area contributed by atoms with Crippen LogP contribution >= 0.6 is 0 Å². The molecule has 0 radical (unpaired) electrons. The van der Waals surface area contributed by atoms with Crippen LogP contribution in [0.3, 0.4) is 0 Å². The predicted octanol–water partition coefficient (Wildman–Crippen LogP) is 4.49. The van der Waals surface area contributed by atoms with E-state index in [1.165, 1.54) is 6.33 Å². The second-order valence-corrected chi connectivity index (χ2v) is 8.44. The molecule has 172 valence electrons. The van der Waals surface area contributed by atoms with Crippen molar-refractivity contribution in [3.8, 4) is 22.6 Å². The third-order valence-electron chi connectivity index (χ3n) is 6.33. The molecule has 0 fully saturated rings. The maximum atomic E-state index is 9.64. The molecule has 0 saturated heterocycles. The number of nitrogens with zero attached hydrogens (tertiary/aromatic N) is 6. The van der Waals surface area contributed by atoms with Gasteiger partial charge in [0.1, 0.15) is 17.8 Å². The van der Waals surface area contributed by atoms with Gasteiger partial charge in [0.25, 0.3) is 0 Å². The van der Waals surface area contributed by atoms with Gasteiger partial charge in [-0.05, 0) is 48.9 Å². The Morgan fingerprint density at radius 2 is 1.86 bits per heavy atom. The van der Waals surface area contributed by atoms with Crippen LogP contribution in [0.2, 0.25) is 0 Å². The lowest BCUT2D eigenvalue weighted by Crippen LogP contribution is -2.10. The SMILES string of the molecule is CC(c1cc2ccccn2c1-c1ccccn1)n1nc(-c2cccc(CO)c2)c2c(N)ncnc21. The molecule has 6 aromatic rings. The Labute approximate surface area is 201 Å². The van der Waals surface area contributed by atoms with Crippen LogP contribution in [0.5, 0.6) is 0 Å². The third-order valence-corrected chi connectivity index (χ3v) is 6.33. The van der Waals surface area contributed by atoms with Crippen LogP contribution in [0.4, 0.5) is 5.82 Å². The Morgan fingerprint density at radius 3 is 2.69 bits per heavy atom. The van der Waals surface area contributed by atoms with Crippen molar-refractivity contribution in [2.75, 3.05) is 5.73 Å². The summed E-state index contributed by atoms with van der Waals surface area (Å²) < 4.78 is 4.05. The van der Waals surface area contributed by atoms with Crippen molar-refractivity contribution in [3.05, 3.63) is 96.6 Å². The molecule has 1 atom stereocenters. The summed E-state index contributed by atoms with van der Waals surface area (Å²) in [6.45, 7) is 2.04. The van der Waals surface area contributed by atoms with Crippen molar-refractivity contribution in [1.82, 2.24) is 29.1 Å². The van der Waals surface area contributed by atoms with Gasteiger partial charge in [-0.15, -0.1) is 0 Å². The van der Waals surface area contributed by atoms with Crippen LogP contribution in [0.15, 0.2) is 85.5 Å². The zero-order valence-corrected chi connectivity index (χ0v) is 19.1. The number of nitrogens with two attached hydrogens (primary N) is 1. The van der Waals surface area contributed by atoms with E-state index < -0.39 is 0 Å². The second-order valence-electron chi connectivity index (χ2n) is 8.44. The molecule has 6 rings (SSSR count). The van der Waals surface area contributed by atoms with E-state index in [0.29, 0.717) is 22.5 Å². The van der Waals surface area contributed by atoms with E-state index in [4.69, 9.17) is 10.8 Å². The first-order valence-corrected chi connectivity index (χ1v) is 11.4. The Balaban J connectivity index is 1.60. The van der Waals surface area contributed by atoms with Gasteiger partial charge in [0.2, 0.25) is 0 Å². The van der Waals surface area contributed by atoms with Gasteiger partial charge in [-0.3, -0.25) is 4.98 Å². The average Bonchev–Trinajstić information content (AvgIpc) is 3.49. The van der Waals surface area contributed by atoms with Crippen molar-refractivity contribution in [1.29, 1.82) is 0 Å². The zero-order chi connectivity index (χ0) is 23.9. The largest absolute Gasteiger partial charge is 0.392 e. The van der Waals surface area contributed by atoms with Crippen LogP contribution in [-0.2, 0) is 6.61 Å². The van der Waals surface area contributed by atoms with Crippen LogP contribution in [0, 0.1) is 0 Å². The summed E-state index contributed by atoms with van der Waals surface area (Å²) in [5, 5.41) is 15.3. The number of anilines is 1. The quantitative estimate of drug-likeness (QED) is 0.392. The first kappa shape index (κ1) is 21.0. The highest BCUT2D eigenvalue weighted by molar-refractivity contribution is 5.98. The Morgan fingerprint density at radius 1 is 0.971 bits per heavy atom. The van der Waals surface area contributed by atoms with Gasteiger partial charge in [-0.25, -0.2) is 14.6 Å². The summed E-state index contributed by atoms with van der Waals surface area (Å²) >= 11 is 0. The fraction of sp³-hybridized carbons (Fsp3) is 0.111. The van der Waals surface area contributed by atoms with Crippen LogP contribution in [0.1, 0.15) is 24.1 Å². The highest BCUT2D eigenvalue weighted by Crippen LogP contribution is 2.37. The molecule has 3 N–H and O–H groups in total. The Kier molecular flexibility index (Phi) is 5.00. The Hall–Kier alpha value is -4.56. The highest BCUT2D eigenvalue weighted by atomic mass is 16.3. The maximum Gasteiger partial charge on any atom is 0.164 e. The summed E-state index contributed by atoms with van der Waals surface area (Å²) in [4.78, 5) is 13.4. The van der Waals surface area contributed by atoms with E-state index in [0.717, 1.165) is 33.6 Å². The summed E-state index contributed by atoms with van der Waals surface area (Å²) in [7, 11) is 0. The van der Waals surface area contributed by atoms with Crippen LogP contribution < -0.4 is 5.73 Å². The lowest BCUT2D eigenvalue weighted by molar-refractivity contribution is 0.282.